The largest absolute Gasteiger partial charge is 0.376 e. The zero-order valence-electron chi connectivity index (χ0n) is 10.2. The highest BCUT2D eigenvalue weighted by Gasteiger charge is 2.19. The molecule has 90 valence electrons. The van der Waals surface area contributed by atoms with Crippen molar-refractivity contribution in [1.29, 1.82) is 0 Å². The summed E-state index contributed by atoms with van der Waals surface area (Å²) in [5, 5.41) is 0. The van der Waals surface area contributed by atoms with Crippen LogP contribution in [0.25, 0.3) is 0 Å². The second kappa shape index (κ2) is 7.39. The molecule has 0 saturated carbocycles. The van der Waals surface area contributed by atoms with Crippen molar-refractivity contribution in [2.45, 2.75) is 25.2 Å². The molecule has 0 aromatic heterocycles. The third-order valence-corrected chi connectivity index (χ3v) is 2.63. The van der Waals surface area contributed by atoms with Gasteiger partial charge in [-0.15, -0.1) is 0 Å². The van der Waals surface area contributed by atoms with Crippen molar-refractivity contribution in [1.82, 2.24) is 0 Å². The van der Waals surface area contributed by atoms with Crippen LogP contribution in [-0.4, -0.2) is 33.7 Å². The Kier molecular flexibility index (Phi) is 6.08. The van der Waals surface area contributed by atoms with Gasteiger partial charge in [0.2, 0.25) is 0 Å². The number of methoxy groups -OCH3 is 3. The molecular formula is C13H20O3. The fourth-order valence-electron chi connectivity index (χ4n) is 1.72. The minimum atomic E-state index is -0.297. The van der Waals surface area contributed by atoms with E-state index in [0.717, 1.165) is 12.8 Å². The van der Waals surface area contributed by atoms with Gasteiger partial charge in [0.1, 0.15) is 6.10 Å². The summed E-state index contributed by atoms with van der Waals surface area (Å²) in [6.07, 6.45) is 1.51. The van der Waals surface area contributed by atoms with Crippen LogP contribution in [0.3, 0.4) is 0 Å². The van der Waals surface area contributed by atoms with Crippen LogP contribution in [0.15, 0.2) is 30.3 Å². The molecule has 0 aliphatic carbocycles. The van der Waals surface area contributed by atoms with Crippen LogP contribution in [0.4, 0.5) is 0 Å². The maximum Gasteiger partial charge on any atom is 0.182 e. The minimum absolute atomic E-state index is 0.0322. The second-order valence-electron chi connectivity index (χ2n) is 3.64. The Bertz CT molecular complexity index is 270. The molecule has 0 N–H and O–H groups in total. The van der Waals surface area contributed by atoms with Crippen molar-refractivity contribution in [2.24, 2.45) is 0 Å². The van der Waals surface area contributed by atoms with E-state index in [1.165, 1.54) is 5.56 Å². The quantitative estimate of drug-likeness (QED) is 0.665. The highest BCUT2D eigenvalue weighted by atomic mass is 16.7. The van der Waals surface area contributed by atoms with Crippen molar-refractivity contribution >= 4 is 0 Å². The minimum Gasteiger partial charge on any atom is -0.376 e. The molecule has 3 nitrogen and oxygen atoms in total. The number of hydrogen-bond donors (Lipinski definition) is 0. The van der Waals surface area contributed by atoms with Crippen molar-refractivity contribution < 1.29 is 14.2 Å². The number of benzene rings is 1. The van der Waals surface area contributed by atoms with Gasteiger partial charge in [-0.1, -0.05) is 30.3 Å². The molecule has 0 aliphatic rings. The number of hydrogen-bond acceptors (Lipinski definition) is 3. The molecule has 1 unspecified atom stereocenters. The fraction of sp³-hybridized carbons (Fsp3) is 0.538. The van der Waals surface area contributed by atoms with Crippen LogP contribution in [0.2, 0.25) is 0 Å². The van der Waals surface area contributed by atoms with E-state index in [2.05, 4.69) is 12.1 Å². The summed E-state index contributed by atoms with van der Waals surface area (Å²) in [6, 6.07) is 10.3. The molecule has 1 aromatic carbocycles. The Hall–Kier alpha value is -0.900. The second-order valence-corrected chi connectivity index (χ2v) is 3.64. The van der Waals surface area contributed by atoms with Crippen molar-refractivity contribution in [2.75, 3.05) is 21.3 Å². The summed E-state index contributed by atoms with van der Waals surface area (Å²) in [7, 11) is 4.94. The van der Waals surface area contributed by atoms with Gasteiger partial charge in [0.15, 0.2) is 6.29 Å². The highest BCUT2D eigenvalue weighted by molar-refractivity contribution is 5.14. The van der Waals surface area contributed by atoms with E-state index in [-0.39, 0.29) is 12.4 Å². The summed E-state index contributed by atoms with van der Waals surface area (Å²) in [5.74, 6) is 0. The molecule has 0 radical (unpaired) electrons. The maximum absolute atomic E-state index is 5.37. The molecule has 1 rings (SSSR count). The van der Waals surface area contributed by atoms with Gasteiger partial charge in [-0.25, -0.2) is 0 Å². The van der Waals surface area contributed by atoms with Crippen LogP contribution in [-0.2, 0) is 20.6 Å². The fourth-order valence-corrected chi connectivity index (χ4v) is 1.72. The van der Waals surface area contributed by atoms with Gasteiger partial charge in [0.25, 0.3) is 0 Å². The lowest BCUT2D eigenvalue weighted by Gasteiger charge is -2.23. The third-order valence-electron chi connectivity index (χ3n) is 2.63. The summed E-state index contributed by atoms with van der Waals surface area (Å²) in [6.45, 7) is 0. The van der Waals surface area contributed by atoms with Crippen LogP contribution < -0.4 is 0 Å². The van der Waals surface area contributed by atoms with Crippen molar-refractivity contribution in [3.63, 3.8) is 0 Å². The molecule has 3 heteroatoms. The first kappa shape index (κ1) is 13.2. The third kappa shape index (κ3) is 3.93. The lowest BCUT2D eigenvalue weighted by molar-refractivity contribution is -0.174. The van der Waals surface area contributed by atoms with E-state index >= 15 is 0 Å². The first-order chi connectivity index (χ1) is 7.81. The average Bonchev–Trinajstić information content (AvgIpc) is 2.35. The number of rotatable bonds is 7. The molecule has 0 amide bonds. The van der Waals surface area contributed by atoms with E-state index in [1.54, 1.807) is 21.3 Å². The van der Waals surface area contributed by atoms with E-state index < -0.39 is 0 Å². The van der Waals surface area contributed by atoms with Crippen LogP contribution >= 0.6 is 0 Å². The zero-order valence-corrected chi connectivity index (χ0v) is 10.2. The highest BCUT2D eigenvalue weighted by Crippen LogP contribution is 2.12. The zero-order chi connectivity index (χ0) is 11.8. The van der Waals surface area contributed by atoms with E-state index in [4.69, 9.17) is 14.2 Å². The lowest BCUT2D eigenvalue weighted by atomic mass is 10.1. The predicted octanol–water partition coefficient (Wildman–Crippen LogP) is 2.25. The molecule has 0 saturated heterocycles. The molecule has 0 fully saturated rings. The summed E-state index contributed by atoms with van der Waals surface area (Å²) < 4.78 is 15.8. The Morgan fingerprint density at radius 1 is 0.938 bits per heavy atom. The predicted molar refractivity (Wildman–Crippen MR) is 63.4 cm³/mol. The van der Waals surface area contributed by atoms with Gasteiger partial charge >= 0.3 is 0 Å². The monoisotopic (exact) mass is 224 g/mol. The number of aryl methyl sites for hydroxylation is 1. The molecular weight excluding hydrogens is 204 g/mol. The average molecular weight is 224 g/mol. The standard InChI is InChI=1S/C13H20O3/c1-14-12(13(15-2)16-3)10-9-11-7-5-4-6-8-11/h4-8,12-13H,9-10H2,1-3H3. The topological polar surface area (TPSA) is 27.7 Å². The lowest BCUT2D eigenvalue weighted by Crippen LogP contribution is -2.32. The van der Waals surface area contributed by atoms with Crippen LogP contribution in [0, 0.1) is 0 Å². The Labute approximate surface area is 97.3 Å². The molecule has 1 aromatic rings. The van der Waals surface area contributed by atoms with Crippen molar-refractivity contribution in [3.8, 4) is 0 Å². The van der Waals surface area contributed by atoms with Crippen LogP contribution in [0.5, 0.6) is 0 Å². The molecule has 16 heavy (non-hydrogen) atoms. The normalized spacial score (nSPS) is 13.0. The first-order valence-corrected chi connectivity index (χ1v) is 5.44. The molecule has 0 bridgehead atoms. The van der Waals surface area contributed by atoms with Crippen molar-refractivity contribution in [3.05, 3.63) is 35.9 Å². The van der Waals surface area contributed by atoms with Gasteiger partial charge < -0.3 is 14.2 Å². The van der Waals surface area contributed by atoms with Gasteiger partial charge in [-0.2, -0.15) is 0 Å². The SMILES string of the molecule is COC(CCc1ccccc1)C(OC)OC. The first-order valence-electron chi connectivity index (χ1n) is 5.44. The maximum atomic E-state index is 5.37. The van der Waals surface area contributed by atoms with Gasteiger partial charge in [0, 0.05) is 21.3 Å². The Morgan fingerprint density at radius 3 is 2.06 bits per heavy atom. The molecule has 0 aliphatic heterocycles. The van der Waals surface area contributed by atoms with E-state index in [1.807, 2.05) is 18.2 Å². The van der Waals surface area contributed by atoms with Gasteiger partial charge in [-0.3, -0.25) is 0 Å². The summed E-state index contributed by atoms with van der Waals surface area (Å²) in [4.78, 5) is 0. The van der Waals surface area contributed by atoms with Crippen LogP contribution in [0.1, 0.15) is 12.0 Å². The summed E-state index contributed by atoms with van der Waals surface area (Å²) in [5.41, 5.74) is 1.30. The Balaban J connectivity index is 2.45. The summed E-state index contributed by atoms with van der Waals surface area (Å²) >= 11 is 0. The smallest absolute Gasteiger partial charge is 0.182 e. The van der Waals surface area contributed by atoms with Gasteiger partial charge in [0.05, 0.1) is 0 Å². The molecule has 1 atom stereocenters. The Morgan fingerprint density at radius 2 is 1.56 bits per heavy atom. The van der Waals surface area contributed by atoms with E-state index in [9.17, 15) is 0 Å². The molecule has 0 heterocycles. The van der Waals surface area contributed by atoms with E-state index in [0.29, 0.717) is 0 Å². The number of ether oxygens (including phenoxy) is 3. The van der Waals surface area contributed by atoms with Gasteiger partial charge in [-0.05, 0) is 18.4 Å². The molecule has 0 spiro atoms.